The Kier molecular flexibility index (Phi) is 5.99. The highest BCUT2D eigenvalue weighted by atomic mass is 32.1. The van der Waals surface area contributed by atoms with E-state index in [1.807, 2.05) is 30.3 Å². The number of aromatic nitrogens is 1. The zero-order chi connectivity index (χ0) is 25.4. The van der Waals surface area contributed by atoms with Crippen molar-refractivity contribution in [2.75, 3.05) is 7.11 Å². The SMILES string of the molecule is COC(=O)C1=C(C)N=c2s/c(=C\c3ccc(-c4ccc(C(=O)O)cc4)o3)c(=O)n2[C@H]1c1ccccc1. The van der Waals surface area contributed by atoms with Gasteiger partial charge in [-0.25, -0.2) is 14.6 Å². The fraction of sp³-hybridized carbons (Fsp3) is 0.111. The van der Waals surface area contributed by atoms with Crippen molar-refractivity contribution >= 4 is 29.4 Å². The van der Waals surface area contributed by atoms with Crippen molar-refractivity contribution in [3.05, 3.63) is 115 Å². The highest BCUT2D eigenvalue weighted by Gasteiger charge is 2.32. The summed E-state index contributed by atoms with van der Waals surface area (Å²) in [6.07, 6.45) is 1.64. The number of esters is 1. The second-order valence-electron chi connectivity index (χ2n) is 8.07. The van der Waals surface area contributed by atoms with Gasteiger partial charge in [0.1, 0.15) is 11.5 Å². The van der Waals surface area contributed by atoms with E-state index in [0.29, 0.717) is 37.7 Å². The predicted octanol–water partition coefficient (Wildman–Crippen LogP) is 3.37. The molecule has 1 aliphatic heterocycles. The summed E-state index contributed by atoms with van der Waals surface area (Å²) in [5.41, 5.74) is 2.17. The summed E-state index contributed by atoms with van der Waals surface area (Å²) >= 11 is 1.21. The number of rotatable bonds is 5. The quantitative estimate of drug-likeness (QED) is 0.421. The van der Waals surface area contributed by atoms with Gasteiger partial charge in [-0.3, -0.25) is 9.36 Å². The van der Waals surface area contributed by atoms with E-state index in [1.165, 1.54) is 35.1 Å². The zero-order valence-corrected chi connectivity index (χ0v) is 20.1. The number of thiazole rings is 1. The molecule has 0 aliphatic carbocycles. The number of hydrogen-bond donors (Lipinski definition) is 1. The van der Waals surface area contributed by atoms with Gasteiger partial charge in [0, 0.05) is 11.6 Å². The monoisotopic (exact) mass is 500 g/mol. The van der Waals surface area contributed by atoms with Crippen LogP contribution in [0.2, 0.25) is 0 Å². The molecule has 1 N–H and O–H groups in total. The van der Waals surface area contributed by atoms with Gasteiger partial charge in [0.05, 0.1) is 34.5 Å². The number of ether oxygens (including phenoxy) is 1. The maximum absolute atomic E-state index is 13.6. The first-order valence-corrected chi connectivity index (χ1v) is 11.8. The number of carboxylic acids is 1. The van der Waals surface area contributed by atoms with Crippen molar-refractivity contribution in [3.63, 3.8) is 0 Å². The Morgan fingerprint density at radius 2 is 1.81 bits per heavy atom. The van der Waals surface area contributed by atoms with Crippen molar-refractivity contribution in [1.82, 2.24) is 4.57 Å². The summed E-state index contributed by atoms with van der Waals surface area (Å²) in [7, 11) is 1.31. The number of allylic oxidation sites excluding steroid dienone is 1. The average molecular weight is 501 g/mol. The fourth-order valence-electron chi connectivity index (χ4n) is 4.14. The van der Waals surface area contributed by atoms with Crippen LogP contribution < -0.4 is 14.9 Å². The van der Waals surface area contributed by atoms with E-state index >= 15 is 0 Å². The number of carbonyl (C=O) groups excluding carboxylic acids is 1. The van der Waals surface area contributed by atoms with E-state index in [0.717, 1.165) is 5.56 Å². The van der Waals surface area contributed by atoms with Crippen molar-refractivity contribution < 1.29 is 23.8 Å². The van der Waals surface area contributed by atoms with Crippen LogP contribution in [0.15, 0.2) is 92.2 Å². The van der Waals surface area contributed by atoms with Crippen molar-refractivity contribution in [2.24, 2.45) is 4.99 Å². The number of carboxylic acid groups (broad SMARTS) is 1. The van der Waals surface area contributed by atoms with Gasteiger partial charge in [-0.05, 0) is 36.8 Å². The molecular weight excluding hydrogens is 480 g/mol. The summed E-state index contributed by atoms with van der Waals surface area (Å²) in [5.74, 6) is -0.546. The number of furan rings is 1. The molecule has 0 saturated heterocycles. The van der Waals surface area contributed by atoms with Crippen molar-refractivity contribution in [1.29, 1.82) is 0 Å². The molecule has 0 amide bonds. The number of aromatic carboxylic acids is 1. The first-order chi connectivity index (χ1) is 17.4. The Morgan fingerprint density at radius 3 is 2.47 bits per heavy atom. The van der Waals surface area contributed by atoms with Crippen LogP contribution in [0, 0.1) is 0 Å². The maximum atomic E-state index is 13.6. The maximum Gasteiger partial charge on any atom is 0.338 e. The molecule has 5 rings (SSSR count). The summed E-state index contributed by atoms with van der Waals surface area (Å²) in [6.45, 7) is 1.73. The molecule has 2 aromatic heterocycles. The fourth-order valence-corrected chi connectivity index (χ4v) is 5.16. The first kappa shape index (κ1) is 23.3. The van der Waals surface area contributed by atoms with Gasteiger partial charge in [-0.15, -0.1) is 0 Å². The molecule has 0 spiro atoms. The smallest absolute Gasteiger partial charge is 0.338 e. The van der Waals surface area contributed by atoms with E-state index in [9.17, 15) is 14.4 Å². The summed E-state index contributed by atoms with van der Waals surface area (Å²) < 4.78 is 12.8. The zero-order valence-electron chi connectivity index (χ0n) is 19.3. The topological polar surface area (TPSA) is 111 Å². The molecule has 3 heterocycles. The molecule has 4 aromatic rings. The van der Waals surface area contributed by atoms with Gasteiger partial charge in [0.15, 0.2) is 4.80 Å². The lowest BCUT2D eigenvalue weighted by Crippen LogP contribution is -2.39. The normalized spacial score (nSPS) is 15.4. The molecule has 0 saturated carbocycles. The molecule has 8 nitrogen and oxygen atoms in total. The predicted molar refractivity (Wildman–Crippen MR) is 133 cm³/mol. The number of fused-ring (bicyclic) bond motifs is 1. The van der Waals surface area contributed by atoms with Gasteiger partial charge in [-0.2, -0.15) is 0 Å². The third-order valence-electron chi connectivity index (χ3n) is 5.86. The van der Waals surface area contributed by atoms with E-state index in [4.69, 9.17) is 14.3 Å². The number of nitrogens with zero attached hydrogens (tertiary/aromatic N) is 2. The molecular formula is C27H20N2O6S. The van der Waals surface area contributed by atoms with Gasteiger partial charge in [0.2, 0.25) is 0 Å². The standard InChI is InChI=1S/C27H20N2O6S/c1-15-22(26(33)34-2)23(17-6-4-3-5-7-17)29-24(30)21(36-27(29)28-15)14-19-12-13-20(35-19)16-8-10-18(11-9-16)25(31)32/h3-14,23H,1-2H3,(H,31,32)/b21-14-/t23-/m0/s1. The highest BCUT2D eigenvalue weighted by Crippen LogP contribution is 2.30. The molecule has 2 aromatic carbocycles. The number of methoxy groups -OCH3 is 1. The molecule has 1 aliphatic rings. The van der Waals surface area contributed by atoms with E-state index in [-0.39, 0.29) is 11.1 Å². The summed E-state index contributed by atoms with van der Waals surface area (Å²) in [5, 5.41) is 9.08. The largest absolute Gasteiger partial charge is 0.478 e. The Bertz CT molecular complexity index is 1690. The van der Waals surface area contributed by atoms with Gasteiger partial charge >= 0.3 is 11.9 Å². The second-order valence-corrected chi connectivity index (χ2v) is 9.08. The first-order valence-electron chi connectivity index (χ1n) is 11.0. The van der Waals surface area contributed by atoms with Crippen LogP contribution in [-0.4, -0.2) is 28.7 Å². The molecule has 1 atom stereocenters. The minimum absolute atomic E-state index is 0.182. The van der Waals surface area contributed by atoms with Gasteiger partial charge < -0.3 is 14.3 Å². The number of carbonyl (C=O) groups is 2. The van der Waals surface area contributed by atoms with Crippen molar-refractivity contribution in [3.8, 4) is 11.3 Å². The van der Waals surface area contributed by atoms with Crippen LogP contribution in [0.25, 0.3) is 17.4 Å². The Hall–Kier alpha value is -4.50. The summed E-state index contributed by atoms with van der Waals surface area (Å²) in [4.78, 5) is 42.3. The molecule has 0 radical (unpaired) electrons. The molecule has 0 unspecified atom stereocenters. The average Bonchev–Trinajstić information content (AvgIpc) is 3.48. The Balaban J connectivity index is 1.59. The lowest BCUT2D eigenvalue weighted by molar-refractivity contribution is -0.136. The number of benzene rings is 2. The van der Waals surface area contributed by atoms with E-state index < -0.39 is 18.0 Å². The van der Waals surface area contributed by atoms with Crippen LogP contribution in [-0.2, 0) is 9.53 Å². The molecule has 0 bridgehead atoms. The van der Waals surface area contributed by atoms with Gasteiger partial charge in [0.25, 0.3) is 5.56 Å². The summed E-state index contributed by atoms with van der Waals surface area (Å²) in [6, 6.07) is 18.4. The third-order valence-corrected chi connectivity index (χ3v) is 6.84. The molecule has 180 valence electrons. The van der Waals surface area contributed by atoms with Gasteiger partial charge in [-0.1, -0.05) is 53.8 Å². The van der Waals surface area contributed by atoms with Crippen LogP contribution >= 0.6 is 11.3 Å². The Labute approximate surface area is 208 Å². The van der Waals surface area contributed by atoms with Crippen LogP contribution in [0.5, 0.6) is 0 Å². The lowest BCUT2D eigenvalue weighted by atomic mass is 9.96. The second kappa shape index (κ2) is 9.27. The molecule has 0 fully saturated rings. The number of hydrogen-bond acceptors (Lipinski definition) is 7. The lowest BCUT2D eigenvalue weighted by Gasteiger charge is -2.24. The third kappa shape index (κ3) is 4.09. The van der Waals surface area contributed by atoms with Crippen LogP contribution in [0.3, 0.4) is 0 Å². The minimum atomic E-state index is -1.00. The van der Waals surface area contributed by atoms with E-state index in [2.05, 4.69) is 4.99 Å². The van der Waals surface area contributed by atoms with Crippen LogP contribution in [0.1, 0.15) is 34.6 Å². The minimum Gasteiger partial charge on any atom is -0.478 e. The van der Waals surface area contributed by atoms with Crippen LogP contribution in [0.4, 0.5) is 0 Å². The van der Waals surface area contributed by atoms with E-state index in [1.54, 1.807) is 37.3 Å². The molecule has 36 heavy (non-hydrogen) atoms. The van der Waals surface area contributed by atoms with Crippen molar-refractivity contribution in [2.45, 2.75) is 13.0 Å². The molecule has 9 heteroatoms. The highest BCUT2D eigenvalue weighted by molar-refractivity contribution is 7.07. The Morgan fingerprint density at radius 1 is 1.08 bits per heavy atom.